The molecule has 0 aliphatic heterocycles. The zero-order valence-corrected chi connectivity index (χ0v) is 17.2. The number of aromatic nitrogens is 2. The lowest BCUT2D eigenvalue weighted by Crippen LogP contribution is -2.25. The molecule has 7 nitrogen and oxygen atoms in total. The highest BCUT2D eigenvalue weighted by Crippen LogP contribution is 2.36. The average Bonchev–Trinajstić information content (AvgIpc) is 2.67. The van der Waals surface area contributed by atoms with E-state index < -0.39 is 5.60 Å². The summed E-state index contributed by atoms with van der Waals surface area (Å²) in [4.78, 5) is 20.6. The predicted octanol–water partition coefficient (Wildman–Crippen LogP) is 4.32. The quantitative estimate of drug-likeness (QED) is 0.574. The number of methoxy groups -OCH3 is 2. The van der Waals surface area contributed by atoms with Crippen molar-refractivity contribution in [3.63, 3.8) is 0 Å². The van der Waals surface area contributed by atoms with Crippen LogP contribution in [0.2, 0.25) is 0 Å². The van der Waals surface area contributed by atoms with Gasteiger partial charge in [0.15, 0.2) is 11.5 Å². The molecule has 0 aliphatic carbocycles. The molecule has 0 fully saturated rings. The second kappa shape index (κ2) is 8.34. The van der Waals surface area contributed by atoms with Gasteiger partial charge in [-0.2, -0.15) is 0 Å². The van der Waals surface area contributed by atoms with Crippen LogP contribution < -0.4 is 14.2 Å². The number of hydrogen-bond acceptors (Lipinski definition) is 7. The van der Waals surface area contributed by atoms with Gasteiger partial charge in [0.05, 0.1) is 38.0 Å². The second-order valence-corrected chi connectivity index (χ2v) is 7.38. The fourth-order valence-electron chi connectivity index (χ4n) is 2.76. The standard InChI is InChI=1S/C22H24N2O5/c1-22(2,3)29-21(25)10-14-6-7-15(13-24-14)28-18-8-9-23-17-12-20(27-5)19(26-4)11-16(17)18/h6-9,11-13H,10H2,1-5H3. The summed E-state index contributed by atoms with van der Waals surface area (Å²) in [5.41, 5.74) is 0.805. The molecule has 0 bridgehead atoms. The van der Waals surface area contributed by atoms with Crippen LogP contribution in [0.3, 0.4) is 0 Å². The summed E-state index contributed by atoms with van der Waals surface area (Å²) >= 11 is 0. The lowest BCUT2D eigenvalue weighted by atomic mass is 10.2. The fraction of sp³-hybridized carbons (Fsp3) is 0.318. The van der Waals surface area contributed by atoms with E-state index >= 15 is 0 Å². The van der Waals surface area contributed by atoms with E-state index in [4.69, 9.17) is 18.9 Å². The van der Waals surface area contributed by atoms with Gasteiger partial charge in [-0.15, -0.1) is 0 Å². The number of carbonyl (C=O) groups excluding carboxylic acids is 1. The molecule has 0 aliphatic rings. The van der Waals surface area contributed by atoms with Gasteiger partial charge in [-0.1, -0.05) is 0 Å². The number of ether oxygens (including phenoxy) is 4. The third-order valence-corrected chi connectivity index (χ3v) is 3.98. The van der Waals surface area contributed by atoms with Crippen LogP contribution in [0.25, 0.3) is 10.9 Å². The summed E-state index contributed by atoms with van der Waals surface area (Å²) < 4.78 is 22.0. The van der Waals surface area contributed by atoms with E-state index in [0.29, 0.717) is 28.7 Å². The molecular weight excluding hydrogens is 372 g/mol. The second-order valence-electron chi connectivity index (χ2n) is 7.38. The van der Waals surface area contributed by atoms with E-state index in [1.165, 1.54) is 0 Å². The van der Waals surface area contributed by atoms with Crippen LogP contribution in [-0.2, 0) is 16.0 Å². The Morgan fingerprint density at radius 3 is 2.31 bits per heavy atom. The maximum atomic E-state index is 11.9. The van der Waals surface area contributed by atoms with Crippen LogP contribution in [0.5, 0.6) is 23.0 Å². The number of hydrogen-bond donors (Lipinski definition) is 0. The SMILES string of the molecule is COc1cc2nccc(Oc3ccc(CC(=O)OC(C)(C)C)nc3)c2cc1OC. The van der Waals surface area contributed by atoms with Crippen molar-refractivity contribution in [1.29, 1.82) is 0 Å². The van der Waals surface area contributed by atoms with Crippen molar-refractivity contribution in [2.24, 2.45) is 0 Å². The summed E-state index contributed by atoms with van der Waals surface area (Å²) in [6.07, 6.45) is 3.34. The summed E-state index contributed by atoms with van der Waals surface area (Å²) in [6.45, 7) is 5.50. The normalized spacial score (nSPS) is 11.2. The van der Waals surface area contributed by atoms with E-state index in [2.05, 4.69) is 9.97 Å². The largest absolute Gasteiger partial charge is 0.493 e. The van der Waals surface area contributed by atoms with Gasteiger partial charge < -0.3 is 18.9 Å². The lowest BCUT2D eigenvalue weighted by Gasteiger charge is -2.19. The molecule has 0 saturated carbocycles. The van der Waals surface area contributed by atoms with Crippen LogP contribution in [0.1, 0.15) is 26.5 Å². The van der Waals surface area contributed by atoms with Gasteiger partial charge in [0, 0.05) is 17.6 Å². The highest BCUT2D eigenvalue weighted by molar-refractivity contribution is 5.88. The molecule has 0 N–H and O–H groups in total. The minimum Gasteiger partial charge on any atom is -0.493 e. The smallest absolute Gasteiger partial charge is 0.312 e. The fourth-order valence-corrected chi connectivity index (χ4v) is 2.76. The number of esters is 1. The first-order valence-electron chi connectivity index (χ1n) is 9.14. The highest BCUT2D eigenvalue weighted by atomic mass is 16.6. The minimum absolute atomic E-state index is 0.104. The van der Waals surface area contributed by atoms with Crippen LogP contribution in [0.15, 0.2) is 42.7 Å². The molecule has 1 aromatic carbocycles. The Labute approximate surface area is 169 Å². The van der Waals surface area contributed by atoms with Crippen LogP contribution in [-0.4, -0.2) is 35.8 Å². The van der Waals surface area contributed by atoms with Crippen LogP contribution >= 0.6 is 0 Å². The first-order chi connectivity index (χ1) is 13.8. The highest BCUT2D eigenvalue weighted by Gasteiger charge is 2.17. The van der Waals surface area contributed by atoms with Crippen molar-refractivity contribution in [3.8, 4) is 23.0 Å². The van der Waals surface area contributed by atoms with Crippen LogP contribution in [0, 0.1) is 0 Å². The molecule has 29 heavy (non-hydrogen) atoms. The van der Waals surface area contributed by atoms with Crippen molar-refractivity contribution < 1.29 is 23.7 Å². The number of rotatable bonds is 6. The Hall–Kier alpha value is -3.35. The van der Waals surface area contributed by atoms with E-state index in [1.807, 2.05) is 26.8 Å². The molecule has 152 valence electrons. The average molecular weight is 396 g/mol. The molecule has 0 atom stereocenters. The summed E-state index contributed by atoms with van der Waals surface area (Å²) in [6, 6.07) is 8.89. The van der Waals surface area contributed by atoms with E-state index in [0.717, 1.165) is 10.9 Å². The molecule has 3 aromatic rings. The monoisotopic (exact) mass is 396 g/mol. The first-order valence-corrected chi connectivity index (χ1v) is 9.14. The Bertz CT molecular complexity index is 1010. The zero-order chi connectivity index (χ0) is 21.0. The number of pyridine rings is 2. The van der Waals surface area contributed by atoms with Gasteiger partial charge in [-0.05, 0) is 45.0 Å². The third-order valence-electron chi connectivity index (χ3n) is 3.98. The number of nitrogens with zero attached hydrogens (tertiary/aromatic N) is 2. The summed E-state index contributed by atoms with van der Waals surface area (Å²) in [5, 5.41) is 0.781. The van der Waals surface area contributed by atoms with Crippen molar-refractivity contribution in [1.82, 2.24) is 9.97 Å². The van der Waals surface area contributed by atoms with Gasteiger partial charge in [-0.25, -0.2) is 0 Å². The van der Waals surface area contributed by atoms with E-state index in [9.17, 15) is 4.79 Å². The van der Waals surface area contributed by atoms with Gasteiger partial charge in [0.25, 0.3) is 0 Å². The van der Waals surface area contributed by atoms with Gasteiger partial charge in [0.2, 0.25) is 0 Å². The van der Waals surface area contributed by atoms with E-state index in [1.54, 1.807) is 50.9 Å². The number of fused-ring (bicyclic) bond motifs is 1. The molecule has 0 amide bonds. The molecule has 2 heterocycles. The molecule has 0 radical (unpaired) electrons. The maximum absolute atomic E-state index is 11.9. The molecule has 0 unspecified atom stereocenters. The van der Waals surface area contributed by atoms with Crippen molar-refractivity contribution in [3.05, 3.63) is 48.4 Å². The molecule has 0 spiro atoms. The minimum atomic E-state index is -0.522. The lowest BCUT2D eigenvalue weighted by molar-refractivity contribution is -0.154. The molecular formula is C22H24N2O5. The molecule has 2 aromatic heterocycles. The maximum Gasteiger partial charge on any atom is 0.312 e. The van der Waals surface area contributed by atoms with Gasteiger partial charge in [0.1, 0.15) is 17.1 Å². The topological polar surface area (TPSA) is 79.8 Å². The van der Waals surface area contributed by atoms with Gasteiger partial charge in [-0.3, -0.25) is 14.8 Å². The van der Waals surface area contributed by atoms with Gasteiger partial charge >= 0.3 is 5.97 Å². The Morgan fingerprint density at radius 1 is 0.966 bits per heavy atom. The van der Waals surface area contributed by atoms with Crippen molar-refractivity contribution in [2.75, 3.05) is 14.2 Å². The molecule has 0 saturated heterocycles. The predicted molar refractivity (Wildman–Crippen MR) is 109 cm³/mol. The number of carbonyl (C=O) groups is 1. The van der Waals surface area contributed by atoms with E-state index in [-0.39, 0.29) is 12.4 Å². The first kappa shape index (κ1) is 20.4. The Kier molecular flexibility index (Phi) is 5.87. The Balaban J connectivity index is 1.79. The Morgan fingerprint density at radius 2 is 1.69 bits per heavy atom. The molecule has 3 rings (SSSR count). The van der Waals surface area contributed by atoms with Crippen molar-refractivity contribution in [2.45, 2.75) is 32.8 Å². The van der Waals surface area contributed by atoms with Crippen molar-refractivity contribution >= 4 is 16.9 Å². The third kappa shape index (κ3) is 5.13. The number of benzene rings is 1. The van der Waals surface area contributed by atoms with Crippen LogP contribution in [0.4, 0.5) is 0 Å². The summed E-state index contributed by atoms with van der Waals surface area (Å²) in [5.74, 6) is 2.01. The summed E-state index contributed by atoms with van der Waals surface area (Å²) in [7, 11) is 3.16. The zero-order valence-electron chi connectivity index (χ0n) is 17.2. The molecule has 7 heteroatoms.